The molecule has 2 aromatic heterocycles. The first-order valence-corrected chi connectivity index (χ1v) is 14.9. The van der Waals surface area contributed by atoms with E-state index in [4.69, 9.17) is 14.7 Å². The van der Waals surface area contributed by atoms with Crippen molar-refractivity contribution in [2.45, 2.75) is 43.1 Å². The minimum atomic E-state index is -3.48. The number of methoxy groups -OCH3 is 1. The standard InChI is InChI=1S/C25H31N5O6S2/c1-35-15-4-16-38(33,34)19-9-7-17(8-10-19)22(30-36-18-5-2-3-6-18)23(32)29-25-27-20-11-12-21(26-13-14-31)28-24(20)37-25/h7-12,18,31H,2-6,13-16H2,1H3,(H,26,28)(H,27,29,32)/b30-22+. The highest BCUT2D eigenvalue weighted by Gasteiger charge is 2.22. The second-order valence-electron chi connectivity index (χ2n) is 8.79. The lowest BCUT2D eigenvalue weighted by molar-refractivity contribution is -0.110. The maximum atomic E-state index is 13.3. The highest BCUT2D eigenvalue weighted by Crippen LogP contribution is 2.26. The van der Waals surface area contributed by atoms with E-state index in [1.54, 1.807) is 24.3 Å². The number of carbonyl (C=O) groups is 1. The molecule has 1 aliphatic carbocycles. The van der Waals surface area contributed by atoms with E-state index in [0.29, 0.717) is 46.4 Å². The number of hydrogen-bond donors (Lipinski definition) is 3. The number of benzene rings is 1. The van der Waals surface area contributed by atoms with Crippen LogP contribution in [0.1, 0.15) is 37.7 Å². The van der Waals surface area contributed by atoms with E-state index in [1.165, 1.54) is 30.6 Å². The summed E-state index contributed by atoms with van der Waals surface area (Å²) in [7, 11) is -1.95. The minimum absolute atomic E-state index is 0.0184. The molecule has 0 saturated heterocycles. The number of anilines is 2. The van der Waals surface area contributed by atoms with Crippen LogP contribution in [0.15, 0.2) is 46.4 Å². The largest absolute Gasteiger partial charge is 0.395 e. The van der Waals surface area contributed by atoms with Crippen LogP contribution < -0.4 is 10.6 Å². The maximum absolute atomic E-state index is 13.3. The average Bonchev–Trinajstić information content (AvgIpc) is 3.57. The molecule has 1 aliphatic rings. The molecule has 1 aromatic carbocycles. The number of pyridine rings is 1. The summed E-state index contributed by atoms with van der Waals surface area (Å²) in [4.78, 5) is 28.7. The van der Waals surface area contributed by atoms with E-state index in [2.05, 4.69) is 25.8 Å². The molecule has 0 spiro atoms. The molecule has 11 nitrogen and oxygen atoms in total. The fourth-order valence-electron chi connectivity index (χ4n) is 3.99. The Morgan fingerprint density at radius 2 is 1.92 bits per heavy atom. The molecule has 3 aromatic rings. The number of nitrogens with one attached hydrogen (secondary N) is 2. The number of sulfone groups is 1. The molecule has 1 amide bonds. The van der Waals surface area contributed by atoms with E-state index in [-0.39, 0.29) is 29.1 Å². The van der Waals surface area contributed by atoms with Crippen molar-refractivity contribution in [2.75, 3.05) is 43.3 Å². The van der Waals surface area contributed by atoms with Gasteiger partial charge >= 0.3 is 0 Å². The summed E-state index contributed by atoms with van der Waals surface area (Å²) in [5, 5.41) is 19.3. The van der Waals surface area contributed by atoms with Crippen LogP contribution >= 0.6 is 11.3 Å². The third kappa shape index (κ3) is 7.25. The van der Waals surface area contributed by atoms with Gasteiger partial charge in [-0.05, 0) is 56.4 Å². The fraction of sp³-hybridized carbons (Fsp3) is 0.440. The molecule has 4 rings (SSSR count). The molecule has 38 heavy (non-hydrogen) atoms. The predicted octanol–water partition coefficient (Wildman–Crippen LogP) is 3.21. The van der Waals surface area contributed by atoms with Crippen molar-refractivity contribution in [3.63, 3.8) is 0 Å². The Morgan fingerprint density at radius 1 is 1.16 bits per heavy atom. The summed E-state index contributed by atoms with van der Waals surface area (Å²) in [6.07, 6.45) is 4.16. The molecule has 0 unspecified atom stereocenters. The molecule has 204 valence electrons. The number of aliphatic hydroxyl groups is 1. The second kappa shape index (κ2) is 13.1. The molecule has 0 aliphatic heterocycles. The average molecular weight is 562 g/mol. The Hall–Kier alpha value is -3.13. The summed E-state index contributed by atoms with van der Waals surface area (Å²) >= 11 is 1.20. The summed E-state index contributed by atoms with van der Waals surface area (Å²) < 4.78 is 30.2. The van der Waals surface area contributed by atoms with Crippen LogP contribution in [0.3, 0.4) is 0 Å². The predicted molar refractivity (Wildman–Crippen MR) is 146 cm³/mol. The van der Waals surface area contributed by atoms with Gasteiger partial charge < -0.3 is 20.0 Å². The molecule has 0 atom stereocenters. The van der Waals surface area contributed by atoms with Crippen LogP contribution in [0.2, 0.25) is 0 Å². The number of aliphatic hydroxyl groups excluding tert-OH is 1. The number of fused-ring (bicyclic) bond motifs is 1. The topological polar surface area (TPSA) is 152 Å². The molecule has 2 heterocycles. The highest BCUT2D eigenvalue weighted by molar-refractivity contribution is 7.91. The monoisotopic (exact) mass is 561 g/mol. The van der Waals surface area contributed by atoms with Gasteiger partial charge in [0.2, 0.25) is 0 Å². The zero-order chi connectivity index (χ0) is 27.0. The Labute approximate surface area is 225 Å². The third-order valence-corrected chi connectivity index (χ3v) is 8.65. The van der Waals surface area contributed by atoms with Gasteiger partial charge in [-0.25, -0.2) is 18.4 Å². The Bertz CT molecular complexity index is 1370. The van der Waals surface area contributed by atoms with Gasteiger partial charge in [-0.2, -0.15) is 0 Å². The zero-order valence-corrected chi connectivity index (χ0v) is 22.7. The molecule has 0 radical (unpaired) electrons. The Balaban J connectivity index is 1.54. The normalized spacial score (nSPS) is 14.6. The van der Waals surface area contributed by atoms with Crippen molar-refractivity contribution in [2.24, 2.45) is 5.16 Å². The number of rotatable bonds is 13. The van der Waals surface area contributed by atoms with Gasteiger partial charge in [-0.1, -0.05) is 28.6 Å². The summed E-state index contributed by atoms with van der Waals surface area (Å²) in [5.41, 5.74) is 1.06. The van der Waals surface area contributed by atoms with Gasteiger partial charge in [0.25, 0.3) is 5.91 Å². The third-order valence-electron chi connectivity index (χ3n) is 5.95. The first kappa shape index (κ1) is 27.9. The number of hydrogen-bond acceptors (Lipinski definition) is 11. The summed E-state index contributed by atoms with van der Waals surface area (Å²) in [6.45, 7) is 0.707. The lowest BCUT2D eigenvalue weighted by Crippen LogP contribution is -2.25. The molecular formula is C25H31N5O6S2. The minimum Gasteiger partial charge on any atom is -0.395 e. The van der Waals surface area contributed by atoms with Gasteiger partial charge in [0.05, 0.1) is 17.3 Å². The van der Waals surface area contributed by atoms with Crippen molar-refractivity contribution < 1.29 is 27.9 Å². The van der Waals surface area contributed by atoms with Crippen LogP contribution in [0.4, 0.5) is 10.9 Å². The molecular weight excluding hydrogens is 530 g/mol. The molecule has 1 saturated carbocycles. The molecule has 1 fully saturated rings. The first-order valence-electron chi connectivity index (χ1n) is 12.4. The number of ether oxygens (including phenoxy) is 1. The van der Waals surface area contributed by atoms with Crippen molar-refractivity contribution in [3.8, 4) is 0 Å². The van der Waals surface area contributed by atoms with E-state index >= 15 is 0 Å². The first-order chi connectivity index (χ1) is 18.4. The Morgan fingerprint density at radius 3 is 2.63 bits per heavy atom. The molecule has 3 N–H and O–H groups in total. The lowest BCUT2D eigenvalue weighted by Gasteiger charge is -2.11. The number of oxime groups is 1. The summed E-state index contributed by atoms with van der Waals surface area (Å²) in [5.74, 6) is 0.0314. The van der Waals surface area contributed by atoms with Crippen LogP contribution in [0, 0.1) is 0 Å². The number of thiazole rings is 1. The van der Waals surface area contributed by atoms with Crippen molar-refractivity contribution in [3.05, 3.63) is 42.0 Å². The zero-order valence-electron chi connectivity index (χ0n) is 21.1. The smallest absolute Gasteiger partial charge is 0.280 e. The van der Waals surface area contributed by atoms with E-state index in [9.17, 15) is 13.2 Å². The van der Waals surface area contributed by atoms with E-state index in [0.717, 1.165) is 25.7 Å². The van der Waals surface area contributed by atoms with Crippen LogP contribution in [-0.2, 0) is 24.2 Å². The van der Waals surface area contributed by atoms with Gasteiger partial charge in [-0.15, -0.1) is 0 Å². The number of aromatic nitrogens is 2. The van der Waals surface area contributed by atoms with Gasteiger partial charge in [-0.3, -0.25) is 10.1 Å². The quantitative estimate of drug-likeness (QED) is 0.162. The van der Waals surface area contributed by atoms with Crippen molar-refractivity contribution in [1.29, 1.82) is 0 Å². The van der Waals surface area contributed by atoms with Crippen molar-refractivity contribution >= 4 is 54.1 Å². The second-order valence-corrected chi connectivity index (χ2v) is 11.9. The maximum Gasteiger partial charge on any atom is 0.280 e. The van der Waals surface area contributed by atoms with E-state index in [1.807, 2.05) is 0 Å². The SMILES string of the molecule is COCCCS(=O)(=O)c1ccc(/C(=N\OC2CCCC2)C(=O)Nc2nc3ccc(NCCO)nc3s2)cc1. The number of amides is 1. The van der Waals surface area contributed by atoms with Crippen LogP contribution in [0.25, 0.3) is 10.3 Å². The van der Waals surface area contributed by atoms with Gasteiger partial charge in [0, 0.05) is 25.8 Å². The van der Waals surface area contributed by atoms with Gasteiger partial charge in [0.15, 0.2) is 20.7 Å². The molecule has 0 bridgehead atoms. The molecule has 13 heteroatoms. The number of carbonyl (C=O) groups excluding carboxylic acids is 1. The summed E-state index contributed by atoms with van der Waals surface area (Å²) in [6, 6.07) is 9.57. The Kier molecular flexibility index (Phi) is 9.61. The van der Waals surface area contributed by atoms with Crippen LogP contribution in [0.5, 0.6) is 0 Å². The van der Waals surface area contributed by atoms with E-state index < -0.39 is 15.7 Å². The fourth-order valence-corrected chi connectivity index (χ4v) is 6.10. The van der Waals surface area contributed by atoms with Crippen LogP contribution in [-0.4, -0.2) is 73.8 Å². The van der Waals surface area contributed by atoms with Gasteiger partial charge in [0.1, 0.15) is 22.3 Å². The van der Waals surface area contributed by atoms with Crippen molar-refractivity contribution in [1.82, 2.24) is 9.97 Å². The number of nitrogens with zero attached hydrogens (tertiary/aromatic N) is 3. The lowest BCUT2D eigenvalue weighted by atomic mass is 10.1. The highest BCUT2D eigenvalue weighted by atomic mass is 32.2.